The Morgan fingerprint density at radius 1 is 1.17 bits per heavy atom. The van der Waals surface area contributed by atoms with Crippen LogP contribution in [0.2, 0.25) is 0 Å². The van der Waals surface area contributed by atoms with Crippen LogP contribution in [0.15, 0.2) is 53.3 Å². The summed E-state index contributed by atoms with van der Waals surface area (Å²) in [5.41, 5.74) is 1.78. The number of para-hydroxylation sites is 1. The van der Waals surface area contributed by atoms with Crippen molar-refractivity contribution in [1.29, 1.82) is 0 Å². The van der Waals surface area contributed by atoms with Gasteiger partial charge in [-0.25, -0.2) is 4.98 Å². The molecule has 2 aromatic heterocycles. The van der Waals surface area contributed by atoms with Crippen molar-refractivity contribution in [2.24, 2.45) is 0 Å². The molecule has 0 saturated carbocycles. The summed E-state index contributed by atoms with van der Waals surface area (Å²) in [6, 6.07) is 11.6. The number of rotatable bonds is 2. The molecule has 0 radical (unpaired) electrons. The van der Waals surface area contributed by atoms with Gasteiger partial charge in [-0.05, 0) is 35.0 Å². The van der Waals surface area contributed by atoms with E-state index in [4.69, 9.17) is 4.74 Å². The molecule has 4 heteroatoms. The first-order valence-electron chi connectivity index (χ1n) is 5.60. The molecule has 0 aliphatic heterocycles. The molecule has 3 nitrogen and oxygen atoms in total. The third-order valence-electron chi connectivity index (χ3n) is 2.58. The number of imidazole rings is 1. The smallest absolute Gasteiger partial charge is 0.180 e. The molecule has 0 saturated heterocycles. The van der Waals surface area contributed by atoms with E-state index >= 15 is 0 Å². The van der Waals surface area contributed by atoms with E-state index in [9.17, 15) is 0 Å². The maximum absolute atomic E-state index is 5.87. The largest absolute Gasteiger partial charge is 0.453 e. The van der Waals surface area contributed by atoms with Crippen LogP contribution < -0.4 is 4.74 Å². The summed E-state index contributed by atoms with van der Waals surface area (Å²) in [4.78, 5) is 4.47. The number of nitrogens with zero attached hydrogens (tertiary/aromatic N) is 2. The zero-order chi connectivity index (χ0) is 12.5. The number of hydrogen-bond acceptors (Lipinski definition) is 2. The van der Waals surface area contributed by atoms with E-state index in [-0.39, 0.29) is 0 Å². The summed E-state index contributed by atoms with van der Waals surface area (Å²) in [5.74, 6) is 1.54. The molecule has 0 atom stereocenters. The minimum Gasteiger partial charge on any atom is -0.453 e. The van der Waals surface area contributed by atoms with E-state index in [0.717, 1.165) is 27.3 Å². The van der Waals surface area contributed by atoms with Crippen LogP contribution in [0.5, 0.6) is 11.5 Å². The number of halogens is 1. The number of pyridine rings is 1. The second-order valence-corrected chi connectivity index (χ2v) is 4.97. The van der Waals surface area contributed by atoms with E-state index in [0.29, 0.717) is 0 Å². The molecule has 3 rings (SSSR count). The Morgan fingerprint density at radius 2 is 1.94 bits per heavy atom. The van der Waals surface area contributed by atoms with Crippen LogP contribution in [0.4, 0.5) is 0 Å². The fraction of sp³-hybridized carbons (Fsp3) is 0.0714. The molecular weight excluding hydrogens is 292 g/mol. The topological polar surface area (TPSA) is 26.5 Å². The average molecular weight is 303 g/mol. The maximum Gasteiger partial charge on any atom is 0.180 e. The van der Waals surface area contributed by atoms with Gasteiger partial charge in [-0.15, -0.1) is 0 Å². The van der Waals surface area contributed by atoms with Gasteiger partial charge in [-0.1, -0.05) is 18.2 Å². The van der Waals surface area contributed by atoms with Crippen molar-refractivity contribution in [3.05, 3.63) is 59.0 Å². The molecule has 90 valence electrons. The summed E-state index contributed by atoms with van der Waals surface area (Å²) in [7, 11) is 0. The Balaban J connectivity index is 2.10. The monoisotopic (exact) mass is 302 g/mol. The Kier molecular flexibility index (Phi) is 2.80. The predicted octanol–water partition coefficient (Wildman–Crippen LogP) is 4.20. The zero-order valence-corrected chi connectivity index (χ0v) is 11.4. The van der Waals surface area contributed by atoms with E-state index in [1.54, 1.807) is 0 Å². The van der Waals surface area contributed by atoms with Crippen LogP contribution in [-0.4, -0.2) is 9.38 Å². The Bertz CT molecular complexity index is 692. The normalized spacial score (nSPS) is 10.8. The van der Waals surface area contributed by atoms with Crippen LogP contribution >= 0.6 is 15.9 Å². The second kappa shape index (κ2) is 4.46. The summed E-state index contributed by atoms with van der Waals surface area (Å²) in [6.07, 6.45) is 3.94. The highest BCUT2D eigenvalue weighted by Gasteiger charge is 2.08. The van der Waals surface area contributed by atoms with Crippen molar-refractivity contribution < 1.29 is 4.74 Å². The number of fused-ring (bicyclic) bond motifs is 1. The van der Waals surface area contributed by atoms with E-state index in [1.165, 1.54) is 0 Å². The summed E-state index contributed by atoms with van der Waals surface area (Å²) in [5, 5.41) is 0. The molecule has 2 heterocycles. The SMILES string of the molecule is Cc1cn2cc(Br)cc(Oc3ccccc3)c2n1. The van der Waals surface area contributed by atoms with Gasteiger partial charge in [0.1, 0.15) is 5.75 Å². The summed E-state index contributed by atoms with van der Waals surface area (Å²) >= 11 is 3.48. The molecule has 1 aromatic carbocycles. The number of ether oxygens (including phenoxy) is 1. The first-order chi connectivity index (χ1) is 8.72. The van der Waals surface area contributed by atoms with Crippen molar-refractivity contribution in [3.63, 3.8) is 0 Å². The predicted molar refractivity (Wildman–Crippen MR) is 74.1 cm³/mol. The molecule has 0 aliphatic rings. The lowest BCUT2D eigenvalue weighted by Gasteiger charge is -2.07. The third kappa shape index (κ3) is 2.11. The van der Waals surface area contributed by atoms with Gasteiger partial charge in [0.15, 0.2) is 11.4 Å². The highest BCUT2D eigenvalue weighted by molar-refractivity contribution is 9.10. The lowest BCUT2D eigenvalue weighted by molar-refractivity contribution is 0.484. The van der Waals surface area contributed by atoms with Crippen LogP contribution in [0, 0.1) is 6.92 Å². The minimum atomic E-state index is 0.740. The van der Waals surface area contributed by atoms with Crippen molar-refractivity contribution in [1.82, 2.24) is 9.38 Å². The van der Waals surface area contributed by atoms with Gasteiger partial charge in [-0.2, -0.15) is 0 Å². The molecule has 0 aliphatic carbocycles. The van der Waals surface area contributed by atoms with Gasteiger partial charge < -0.3 is 9.14 Å². The molecule has 3 aromatic rings. The fourth-order valence-corrected chi connectivity index (χ4v) is 2.28. The lowest BCUT2D eigenvalue weighted by atomic mass is 10.3. The van der Waals surface area contributed by atoms with Crippen LogP contribution in [0.3, 0.4) is 0 Å². The van der Waals surface area contributed by atoms with E-state index in [2.05, 4.69) is 20.9 Å². The number of aromatic nitrogens is 2. The summed E-state index contributed by atoms with van der Waals surface area (Å²) < 4.78 is 8.79. The van der Waals surface area contributed by atoms with Gasteiger partial charge in [0.25, 0.3) is 0 Å². The van der Waals surface area contributed by atoms with Gasteiger partial charge in [0, 0.05) is 22.9 Å². The van der Waals surface area contributed by atoms with Crippen LogP contribution in [0.1, 0.15) is 5.69 Å². The summed E-state index contributed by atoms with van der Waals surface area (Å²) in [6.45, 7) is 1.97. The highest BCUT2D eigenvalue weighted by Crippen LogP contribution is 2.28. The minimum absolute atomic E-state index is 0.740. The van der Waals surface area contributed by atoms with Gasteiger partial charge >= 0.3 is 0 Å². The Labute approximate surface area is 113 Å². The number of hydrogen-bond donors (Lipinski definition) is 0. The fourth-order valence-electron chi connectivity index (χ4n) is 1.85. The Hall–Kier alpha value is -1.81. The zero-order valence-electron chi connectivity index (χ0n) is 9.80. The molecular formula is C14H11BrN2O. The Morgan fingerprint density at radius 3 is 2.72 bits per heavy atom. The third-order valence-corrected chi connectivity index (χ3v) is 3.01. The molecule has 0 unspecified atom stereocenters. The highest BCUT2D eigenvalue weighted by atomic mass is 79.9. The standard InChI is InChI=1S/C14H11BrN2O/c1-10-8-17-9-11(15)7-13(14(17)16-10)18-12-5-3-2-4-6-12/h2-9H,1H3. The molecule has 0 amide bonds. The first-order valence-corrected chi connectivity index (χ1v) is 6.39. The van der Waals surface area contributed by atoms with Crippen molar-refractivity contribution >= 4 is 21.6 Å². The first kappa shape index (κ1) is 11.3. The van der Waals surface area contributed by atoms with E-state index < -0.39 is 0 Å². The van der Waals surface area contributed by atoms with Gasteiger partial charge in [0.2, 0.25) is 0 Å². The lowest BCUT2D eigenvalue weighted by Crippen LogP contribution is -1.90. The average Bonchev–Trinajstić information content (AvgIpc) is 2.71. The maximum atomic E-state index is 5.87. The second-order valence-electron chi connectivity index (χ2n) is 4.05. The molecule has 0 fully saturated rings. The number of aryl methyl sites for hydroxylation is 1. The van der Waals surface area contributed by atoms with Gasteiger partial charge in [0.05, 0.1) is 5.69 Å². The quantitative estimate of drug-likeness (QED) is 0.709. The molecule has 0 bridgehead atoms. The molecule has 0 N–H and O–H groups in total. The van der Waals surface area contributed by atoms with Crippen molar-refractivity contribution in [2.75, 3.05) is 0 Å². The molecule has 0 spiro atoms. The van der Waals surface area contributed by atoms with E-state index in [1.807, 2.05) is 60.1 Å². The number of benzene rings is 1. The molecule has 18 heavy (non-hydrogen) atoms. The van der Waals surface area contributed by atoms with Crippen LogP contribution in [0.25, 0.3) is 5.65 Å². The van der Waals surface area contributed by atoms with Gasteiger partial charge in [-0.3, -0.25) is 0 Å². The van der Waals surface area contributed by atoms with Crippen molar-refractivity contribution in [2.45, 2.75) is 6.92 Å². The van der Waals surface area contributed by atoms with Crippen LogP contribution in [-0.2, 0) is 0 Å². The van der Waals surface area contributed by atoms with Crippen molar-refractivity contribution in [3.8, 4) is 11.5 Å².